The lowest BCUT2D eigenvalue weighted by Gasteiger charge is -2.23. The number of nitrogens with zero attached hydrogens (tertiary/aromatic N) is 1. The molecule has 1 aliphatic heterocycles. The summed E-state index contributed by atoms with van der Waals surface area (Å²) >= 11 is 0. The standard InChI is InChI=1S/C12H24N2/c1-10-8-14(9-11(10)7-13-2)12-5-3-4-6-12/h10-13H,3-9H2,1-2H3. The van der Waals surface area contributed by atoms with Crippen molar-refractivity contribution in [3.8, 4) is 0 Å². The average molecular weight is 196 g/mol. The van der Waals surface area contributed by atoms with Crippen LogP contribution in [0.3, 0.4) is 0 Å². The van der Waals surface area contributed by atoms with Crippen molar-refractivity contribution in [2.24, 2.45) is 11.8 Å². The Balaban J connectivity index is 1.85. The van der Waals surface area contributed by atoms with Crippen molar-refractivity contribution in [3.05, 3.63) is 0 Å². The first-order valence-electron chi connectivity index (χ1n) is 6.20. The van der Waals surface area contributed by atoms with Gasteiger partial charge >= 0.3 is 0 Å². The Hall–Kier alpha value is -0.0800. The van der Waals surface area contributed by atoms with Gasteiger partial charge in [-0.15, -0.1) is 0 Å². The van der Waals surface area contributed by atoms with Crippen molar-refractivity contribution in [2.45, 2.75) is 38.6 Å². The molecule has 1 saturated heterocycles. The third kappa shape index (κ3) is 2.12. The Morgan fingerprint density at radius 1 is 1.21 bits per heavy atom. The topological polar surface area (TPSA) is 15.3 Å². The highest BCUT2D eigenvalue weighted by molar-refractivity contribution is 4.88. The van der Waals surface area contributed by atoms with Crippen LogP contribution in [-0.2, 0) is 0 Å². The van der Waals surface area contributed by atoms with E-state index < -0.39 is 0 Å². The summed E-state index contributed by atoms with van der Waals surface area (Å²) in [5.74, 6) is 1.78. The van der Waals surface area contributed by atoms with Gasteiger partial charge in [0.15, 0.2) is 0 Å². The van der Waals surface area contributed by atoms with Crippen molar-refractivity contribution in [1.29, 1.82) is 0 Å². The van der Waals surface area contributed by atoms with Crippen LogP contribution in [0.5, 0.6) is 0 Å². The van der Waals surface area contributed by atoms with Crippen LogP contribution in [0.1, 0.15) is 32.6 Å². The zero-order valence-electron chi connectivity index (χ0n) is 9.63. The molecule has 0 amide bonds. The summed E-state index contributed by atoms with van der Waals surface area (Å²) in [4.78, 5) is 2.75. The van der Waals surface area contributed by atoms with Crippen molar-refractivity contribution in [3.63, 3.8) is 0 Å². The number of likely N-dealkylation sites (tertiary alicyclic amines) is 1. The van der Waals surface area contributed by atoms with Gasteiger partial charge in [-0.3, -0.25) is 4.90 Å². The second-order valence-electron chi connectivity index (χ2n) is 5.19. The van der Waals surface area contributed by atoms with E-state index in [1.165, 1.54) is 45.3 Å². The SMILES string of the molecule is CNCC1CN(C2CCCC2)CC1C. The molecule has 2 fully saturated rings. The van der Waals surface area contributed by atoms with Crippen LogP contribution in [0.15, 0.2) is 0 Å². The molecular weight excluding hydrogens is 172 g/mol. The highest BCUT2D eigenvalue weighted by Crippen LogP contribution is 2.30. The highest BCUT2D eigenvalue weighted by atomic mass is 15.2. The lowest BCUT2D eigenvalue weighted by molar-refractivity contribution is 0.234. The van der Waals surface area contributed by atoms with Gasteiger partial charge in [-0.05, 0) is 38.3 Å². The predicted octanol–water partition coefficient (Wildman–Crippen LogP) is 1.72. The molecule has 2 heteroatoms. The van der Waals surface area contributed by atoms with E-state index in [-0.39, 0.29) is 0 Å². The first-order valence-corrected chi connectivity index (χ1v) is 6.20. The normalized spacial score (nSPS) is 35.6. The monoisotopic (exact) mass is 196 g/mol. The van der Waals surface area contributed by atoms with Crippen LogP contribution in [0, 0.1) is 11.8 Å². The van der Waals surface area contributed by atoms with Gasteiger partial charge in [0.1, 0.15) is 0 Å². The molecule has 1 heterocycles. The molecule has 82 valence electrons. The van der Waals surface area contributed by atoms with Crippen LogP contribution in [0.25, 0.3) is 0 Å². The summed E-state index contributed by atoms with van der Waals surface area (Å²) in [6.07, 6.45) is 5.84. The Morgan fingerprint density at radius 3 is 2.57 bits per heavy atom. The number of nitrogens with one attached hydrogen (secondary N) is 1. The molecule has 1 aliphatic carbocycles. The van der Waals surface area contributed by atoms with Gasteiger partial charge in [0.25, 0.3) is 0 Å². The van der Waals surface area contributed by atoms with Crippen molar-refractivity contribution in [1.82, 2.24) is 10.2 Å². The summed E-state index contributed by atoms with van der Waals surface area (Å²) < 4.78 is 0. The Kier molecular flexibility index (Phi) is 3.45. The summed E-state index contributed by atoms with van der Waals surface area (Å²) in [6.45, 7) is 6.30. The van der Waals surface area contributed by atoms with E-state index in [1.807, 2.05) is 0 Å². The summed E-state index contributed by atoms with van der Waals surface area (Å²) in [7, 11) is 2.07. The molecule has 0 aromatic carbocycles. The van der Waals surface area contributed by atoms with Gasteiger partial charge in [-0.25, -0.2) is 0 Å². The van der Waals surface area contributed by atoms with E-state index in [0.29, 0.717) is 0 Å². The maximum absolute atomic E-state index is 3.32. The molecule has 2 unspecified atom stereocenters. The molecular formula is C12H24N2. The zero-order chi connectivity index (χ0) is 9.97. The number of hydrogen-bond acceptors (Lipinski definition) is 2. The molecule has 2 atom stereocenters. The fourth-order valence-electron chi connectivity index (χ4n) is 3.17. The van der Waals surface area contributed by atoms with Crippen LogP contribution in [-0.4, -0.2) is 37.6 Å². The van der Waals surface area contributed by atoms with Crippen molar-refractivity contribution >= 4 is 0 Å². The minimum Gasteiger partial charge on any atom is -0.319 e. The number of hydrogen-bond donors (Lipinski definition) is 1. The Labute approximate surface area is 88.1 Å². The van der Waals surface area contributed by atoms with Crippen LogP contribution >= 0.6 is 0 Å². The summed E-state index contributed by atoms with van der Waals surface area (Å²) in [6, 6.07) is 0.930. The van der Waals surface area contributed by atoms with Gasteiger partial charge < -0.3 is 5.32 Å². The van der Waals surface area contributed by atoms with E-state index in [1.54, 1.807) is 0 Å². The Bertz CT molecular complexity index is 175. The van der Waals surface area contributed by atoms with Gasteiger partial charge in [0, 0.05) is 19.1 Å². The number of rotatable bonds is 3. The molecule has 1 saturated carbocycles. The fraction of sp³-hybridized carbons (Fsp3) is 1.00. The summed E-state index contributed by atoms with van der Waals surface area (Å²) in [5.41, 5.74) is 0. The van der Waals surface area contributed by atoms with Gasteiger partial charge in [0.05, 0.1) is 0 Å². The largest absolute Gasteiger partial charge is 0.319 e. The van der Waals surface area contributed by atoms with Crippen LogP contribution in [0.2, 0.25) is 0 Å². The smallest absolute Gasteiger partial charge is 0.00955 e. The third-order valence-corrected chi connectivity index (χ3v) is 4.10. The maximum atomic E-state index is 3.32. The van der Waals surface area contributed by atoms with E-state index in [4.69, 9.17) is 0 Å². The second kappa shape index (κ2) is 4.63. The molecule has 2 aliphatic rings. The third-order valence-electron chi connectivity index (χ3n) is 4.10. The van der Waals surface area contributed by atoms with Gasteiger partial charge in [-0.2, -0.15) is 0 Å². The molecule has 14 heavy (non-hydrogen) atoms. The van der Waals surface area contributed by atoms with E-state index in [0.717, 1.165) is 17.9 Å². The lowest BCUT2D eigenvalue weighted by atomic mass is 9.98. The average Bonchev–Trinajstić information content (AvgIpc) is 2.76. The molecule has 0 aromatic rings. The Morgan fingerprint density at radius 2 is 1.93 bits per heavy atom. The zero-order valence-corrected chi connectivity index (χ0v) is 9.63. The lowest BCUT2D eigenvalue weighted by Crippen LogP contribution is -2.32. The highest BCUT2D eigenvalue weighted by Gasteiger charge is 2.33. The molecule has 0 radical (unpaired) electrons. The minimum absolute atomic E-state index is 0.889. The van der Waals surface area contributed by atoms with E-state index >= 15 is 0 Å². The first-order chi connectivity index (χ1) is 6.81. The molecule has 2 nitrogen and oxygen atoms in total. The van der Waals surface area contributed by atoms with Gasteiger partial charge in [-0.1, -0.05) is 19.8 Å². The molecule has 0 spiro atoms. The van der Waals surface area contributed by atoms with Crippen LogP contribution < -0.4 is 5.32 Å². The van der Waals surface area contributed by atoms with Gasteiger partial charge in [0.2, 0.25) is 0 Å². The maximum Gasteiger partial charge on any atom is 0.00955 e. The molecule has 2 rings (SSSR count). The van der Waals surface area contributed by atoms with Crippen LogP contribution in [0.4, 0.5) is 0 Å². The van der Waals surface area contributed by atoms with E-state index in [9.17, 15) is 0 Å². The molecule has 0 bridgehead atoms. The van der Waals surface area contributed by atoms with Crippen molar-refractivity contribution in [2.75, 3.05) is 26.7 Å². The predicted molar refractivity (Wildman–Crippen MR) is 60.4 cm³/mol. The molecule has 0 aromatic heterocycles. The minimum atomic E-state index is 0.889. The fourth-order valence-corrected chi connectivity index (χ4v) is 3.17. The second-order valence-corrected chi connectivity index (χ2v) is 5.19. The van der Waals surface area contributed by atoms with E-state index in [2.05, 4.69) is 24.2 Å². The summed E-state index contributed by atoms with van der Waals surface area (Å²) in [5, 5.41) is 3.32. The quantitative estimate of drug-likeness (QED) is 0.739. The van der Waals surface area contributed by atoms with Crippen molar-refractivity contribution < 1.29 is 0 Å². The molecule has 1 N–H and O–H groups in total. The first kappa shape index (κ1) is 10.4.